The number of hydrogen-bond donors (Lipinski definition) is 1. The van der Waals surface area contributed by atoms with Crippen LogP contribution in [0, 0.1) is 11.6 Å². The molecule has 0 spiro atoms. The molecule has 116 valence electrons. The number of hydrogen-bond acceptors (Lipinski definition) is 1. The average Bonchev–Trinajstić information content (AvgIpc) is 2.51. The lowest BCUT2D eigenvalue weighted by Crippen LogP contribution is -2.35. The molecule has 0 bridgehead atoms. The number of rotatable bonds is 5. The second kappa shape index (κ2) is 7.54. The zero-order valence-electron chi connectivity index (χ0n) is 12.4. The highest BCUT2D eigenvalue weighted by atomic mass is 19.1. The van der Waals surface area contributed by atoms with Gasteiger partial charge in [-0.15, -0.1) is 0 Å². The van der Waals surface area contributed by atoms with Gasteiger partial charge in [-0.3, -0.25) is 0 Å². The maximum Gasteiger partial charge on any atom is 0.322 e. The van der Waals surface area contributed by atoms with Crippen molar-refractivity contribution >= 4 is 11.7 Å². The van der Waals surface area contributed by atoms with Gasteiger partial charge in [0.05, 0.1) is 5.69 Å². The van der Waals surface area contributed by atoms with Crippen LogP contribution in [0.2, 0.25) is 0 Å². The van der Waals surface area contributed by atoms with E-state index in [2.05, 4.69) is 5.32 Å². The first-order valence-corrected chi connectivity index (χ1v) is 7.15. The van der Waals surface area contributed by atoms with Crippen LogP contribution in [0.4, 0.5) is 19.3 Å². The molecule has 0 aliphatic carbocycles. The molecule has 2 aromatic rings. The van der Waals surface area contributed by atoms with E-state index >= 15 is 0 Å². The van der Waals surface area contributed by atoms with Crippen molar-refractivity contribution in [1.82, 2.24) is 4.90 Å². The van der Waals surface area contributed by atoms with Crippen LogP contribution in [0.3, 0.4) is 0 Å². The third kappa shape index (κ3) is 4.28. The number of nitrogens with one attached hydrogen (secondary N) is 1. The average molecular weight is 304 g/mol. The number of carbonyl (C=O) groups is 1. The smallest absolute Gasteiger partial charge is 0.320 e. The summed E-state index contributed by atoms with van der Waals surface area (Å²) >= 11 is 0. The SMILES string of the molecule is CCCN(Cc1ccccc1)C(=O)Nc1cc(F)ccc1F. The number of halogens is 2. The molecule has 0 saturated heterocycles. The van der Waals surface area contributed by atoms with Gasteiger partial charge in [0.1, 0.15) is 11.6 Å². The number of carbonyl (C=O) groups excluding carboxylic acids is 1. The molecule has 0 aliphatic heterocycles. The maximum atomic E-state index is 13.6. The molecule has 2 aromatic carbocycles. The predicted molar refractivity (Wildman–Crippen MR) is 82.5 cm³/mol. The number of benzene rings is 2. The van der Waals surface area contributed by atoms with Crippen LogP contribution in [-0.2, 0) is 6.54 Å². The Balaban J connectivity index is 2.11. The summed E-state index contributed by atoms with van der Waals surface area (Å²) in [6.07, 6.45) is 0.770. The van der Waals surface area contributed by atoms with E-state index in [1.807, 2.05) is 37.3 Å². The largest absolute Gasteiger partial charge is 0.322 e. The molecule has 0 heterocycles. The molecule has 2 rings (SSSR count). The van der Waals surface area contributed by atoms with E-state index in [1.165, 1.54) is 0 Å². The maximum absolute atomic E-state index is 13.6. The fraction of sp³-hybridized carbons (Fsp3) is 0.235. The highest BCUT2D eigenvalue weighted by Gasteiger charge is 2.15. The van der Waals surface area contributed by atoms with Crippen molar-refractivity contribution in [3.8, 4) is 0 Å². The van der Waals surface area contributed by atoms with Crippen molar-refractivity contribution < 1.29 is 13.6 Å². The lowest BCUT2D eigenvalue weighted by atomic mass is 10.2. The molecular weight excluding hydrogens is 286 g/mol. The number of urea groups is 1. The monoisotopic (exact) mass is 304 g/mol. The molecule has 0 aliphatic rings. The number of anilines is 1. The van der Waals surface area contributed by atoms with E-state index in [9.17, 15) is 13.6 Å². The third-order valence-electron chi connectivity index (χ3n) is 3.17. The van der Waals surface area contributed by atoms with Crippen LogP contribution in [0.5, 0.6) is 0 Å². The van der Waals surface area contributed by atoms with Crippen LogP contribution >= 0.6 is 0 Å². The summed E-state index contributed by atoms with van der Waals surface area (Å²) in [6.45, 7) is 2.89. The first-order valence-electron chi connectivity index (χ1n) is 7.15. The molecule has 0 aromatic heterocycles. The second-order valence-corrected chi connectivity index (χ2v) is 4.96. The van der Waals surface area contributed by atoms with Gasteiger partial charge < -0.3 is 10.2 Å². The fourth-order valence-electron chi connectivity index (χ4n) is 2.11. The molecule has 3 nitrogen and oxygen atoms in total. The highest BCUT2D eigenvalue weighted by Crippen LogP contribution is 2.16. The Kier molecular flexibility index (Phi) is 5.47. The van der Waals surface area contributed by atoms with Crippen molar-refractivity contribution in [2.45, 2.75) is 19.9 Å². The number of amides is 2. The number of nitrogens with zero attached hydrogens (tertiary/aromatic N) is 1. The molecule has 0 atom stereocenters. The van der Waals surface area contributed by atoms with E-state index in [-0.39, 0.29) is 5.69 Å². The van der Waals surface area contributed by atoms with E-state index in [1.54, 1.807) is 4.90 Å². The summed E-state index contributed by atoms with van der Waals surface area (Å²) < 4.78 is 26.8. The Hall–Kier alpha value is -2.43. The van der Waals surface area contributed by atoms with Crippen molar-refractivity contribution in [2.24, 2.45) is 0 Å². The van der Waals surface area contributed by atoms with Crippen molar-refractivity contribution in [2.75, 3.05) is 11.9 Å². The van der Waals surface area contributed by atoms with Gasteiger partial charge in [-0.1, -0.05) is 37.3 Å². The molecule has 5 heteroatoms. The Morgan fingerprint density at radius 3 is 2.55 bits per heavy atom. The van der Waals surface area contributed by atoms with Crippen LogP contribution in [0.25, 0.3) is 0 Å². The van der Waals surface area contributed by atoms with E-state index in [0.29, 0.717) is 13.1 Å². The summed E-state index contributed by atoms with van der Waals surface area (Å²) in [5.41, 5.74) is 0.824. The molecule has 0 fully saturated rings. The summed E-state index contributed by atoms with van der Waals surface area (Å²) in [5, 5.41) is 2.43. The van der Waals surface area contributed by atoms with Gasteiger partial charge >= 0.3 is 6.03 Å². The Morgan fingerprint density at radius 1 is 1.14 bits per heavy atom. The molecule has 22 heavy (non-hydrogen) atoms. The predicted octanol–water partition coefficient (Wildman–Crippen LogP) is 4.41. The van der Waals surface area contributed by atoms with Gasteiger partial charge in [0.15, 0.2) is 0 Å². The minimum atomic E-state index is -0.661. The van der Waals surface area contributed by atoms with Crippen LogP contribution in [-0.4, -0.2) is 17.5 Å². The van der Waals surface area contributed by atoms with E-state index < -0.39 is 17.7 Å². The van der Waals surface area contributed by atoms with Crippen molar-refractivity contribution in [1.29, 1.82) is 0 Å². The highest BCUT2D eigenvalue weighted by molar-refractivity contribution is 5.89. The minimum absolute atomic E-state index is 0.154. The van der Waals surface area contributed by atoms with Gasteiger partial charge in [0.25, 0.3) is 0 Å². The zero-order valence-corrected chi connectivity index (χ0v) is 12.4. The second-order valence-electron chi connectivity index (χ2n) is 4.96. The Labute approximate surface area is 128 Å². The molecule has 2 amide bonds. The van der Waals surface area contributed by atoms with Gasteiger partial charge in [-0.2, -0.15) is 0 Å². The van der Waals surface area contributed by atoms with E-state index in [4.69, 9.17) is 0 Å². The van der Waals surface area contributed by atoms with Gasteiger partial charge in [0.2, 0.25) is 0 Å². The van der Waals surface area contributed by atoms with Crippen LogP contribution in [0.15, 0.2) is 48.5 Å². The lowest BCUT2D eigenvalue weighted by Gasteiger charge is -2.23. The van der Waals surface area contributed by atoms with Gasteiger partial charge in [0, 0.05) is 19.2 Å². The minimum Gasteiger partial charge on any atom is -0.320 e. The van der Waals surface area contributed by atoms with Crippen molar-refractivity contribution in [3.63, 3.8) is 0 Å². The van der Waals surface area contributed by atoms with Crippen molar-refractivity contribution in [3.05, 3.63) is 65.7 Å². The van der Waals surface area contributed by atoms with Gasteiger partial charge in [-0.25, -0.2) is 13.6 Å². The fourth-order valence-corrected chi connectivity index (χ4v) is 2.11. The third-order valence-corrected chi connectivity index (χ3v) is 3.17. The van der Waals surface area contributed by atoms with E-state index in [0.717, 1.165) is 30.2 Å². The topological polar surface area (TPSA) is 32.3 Å². The first-order chi connectivity index (χ1) is 10.6. The summed E-state index contributed by atoms with van der Waals surface area (Å²) in [7, 11) is 0. The lowest BCUT2D eigenvalue weighted by molar-refractivity contribution is 0.209. The van der Waals surface area contributed by atoms with Gasteiger partial charge in [-0.05, 0) is 24.1 Å². The zero-order chi connectivity index (χ0) is 15.9. The normalized spacial score (nSPS) is 10.3. The standard InChI is InChI=1S/C17H18F2N2O/c1-2-10-21(12-13-6-4-3-5-7-13)17(22)20-16-11-14(18)8-9-15(16)19/h3-9,11H,2,10,12H2,1H3,(H,20,22). The Morgan fingerprint density at radius 2 is 1.86 bits per heavy atom. The summed E-state index contributed by atoms with van der Waals surface area (Å²) in [6, 6.07) is 12.0. The van der Waals surface area contributed by atoms with Crippen LogP contribution < -0.4 is 5.32 Å². The molecular formula is C17H18F2N2O. The molecule has 0 unspecified atom stereocenters. The molecule has 1 N–H and O–H groups in total. The molecule has 0 saturated carbocycles. The summed E-state index contributed by atoms with van der Waals surface area (Å²) in [5.74, 6) is -1.26. The quantitative estimate of drug-likeness (QED) is 0.872. The molecule has 0 radical (unpaired) electrons. The Bertz CT molecular complexity index is 632. The summed E-state index contributed by atoms with van der Waals surface area (Å²) in [4.78, 5) is 13.9. The van der Waals surface area contributed by atoms with Crippen LogP contribution in [0.1, 0.15) is 18.9 Å². The first kappa shape index (κ1) is 15.9.